The second kappa shape index (κ2) is 5.24. The fourth-order valence-corrected chi connectivity index (χ4v) is 3.17. The van der Waals surface area contributed by atoms with Gasteiger partial charge in [0.2, 0.25) is 0 Å². The number of ether oxygens (including phenoxy) is 1. The highest BCUT2D eigenvalue weighted by Crippen LogP contribution is 2.58. The number of hydrogen-bond donors (Lipinski definition) is 0. The van der Waals surface area contributed by atoms with Gasteiger partial charge in [0.05, 0.1) is 6.61 Å². The van der Waals surface area contributed by atoms with Crippen LogP contribution in [-0.2, 0) is 9.53 Å². The maximum Gasteiger partial charge on any atom is 0.330 e. The van der Waals surface area contributed by atoms with Crippen molar-refractivity contribution in [2.45, 2.75) is 53.4 Å². The van der Waals surface area contributed by atoms with Gasteiger partial charge in [0.1, 0.15) is 0 Å². The minimum Gasteiger partial charge on any atom is -0.463 e. The molecule has 2 unspecified atom stereocenters. The number of esters is 1. The van der Waals surface area contributed by atoms with Crippen molar-refractivity contribution in [2.75, 3.05) is 6.61 Å². The molecule has 1 aliphatic rings. The second-order valence-corrected chi connectivity index (χ2v) is 6.03. The third kappa shape index (κ3) is 2.72. The summed E-state index contributed by atoms with van der Waals surface area (Å²) in [4.78, 5) is 11.0. The van der Waals surface area contributed by atoms with E-state index in [4.69, 9.17) is 4.74 Å². The zero-order valence-electron chi connectivity index (χ0n) is 11.7. The van der Waals surface area contributed by atoms with Gasteiger partial charge in [0.25, 0.3) is 0 Å². The van der Waals surface area contributed by atoms with Crippen LogP contribution in [0.15, 0.2) is 12.7 Å². The summed E-state index contributed by atoms with van der Waals surface area (Å²) in [5, 5.41) is 0. The van der Waals surface area contributed by atoms with Crippen LogP contribution in [0.25, 0.3) is 0 Å². The lowest BCUT2D eigenvalue weighted by Crippen LogP contribution is -2.34. The van der Waals surface area contributed by atoms with Crippen molar-refractivity contribution < 1.29 is 9.53 Å². The van der Waals surface area contributed by atoms with Crippen molar-refractivity contribution in [1.82, 2.24) is 0 Å². The molecule has 2 heteroatoms. The minimum atomic E-state index is -0.306. The van der Waals surface area contributed by atoms with Gasteiger partial charge in [-0.25, -0.2) is 4.79 Å². The highest BCUT2D eigenvalue weighted by Gasteiger charge is 2.49. The van der Waals surface area contributed by atoms with Crippen molar-refractivity contribution in [1.29, 1.82) is 0 Å². The second-order valence-electron chi connectivity index (χ2n) is 6.03. The minimum absolute atomic E-state index is 0.306. The Kier molecular flexibility index (Phi) is 4.40. The quantitative estimate of drug-likeness (QED) is 0.535. The lowest BCUT2D eigenvalue weighted by molar-refractivity contribution is -0.138. The molecule has 0 spiro atoms. The Hall–Kier alpha value is -0.790. The van der Waals surface area contributed by atoms with Gasteiger partial charge in [-0.1, -0.05) is 40.7 Å². The predicted octanol–water partition coefficient (Wildman–Crippen LogP) is 3.96. The molecule has 0 amide bonds. The lowest BCUT2D eigenvalue weighted by atomic mass is 9.64. The van der Waals surface area contributed by atoms with Crippen LogP contribution in [0.4, 0.5) is 0 Å². The normalized spacial score (nSPS) is 31.2. The Morgan fingerprint density at radius 3 is 2.59 bits per heavy atom. The van der Waals surface area contributed by atoms with E-state index in [0.717, 1.165) is 6.42 Å². The van der Waals surface area contributed by atoms with E-state index in [0.29, 0.717) is 23.4 Å². The Morgan fingerprint density at radius 2 is 2.12 bits per heavy atom. The molecule has 1 rings (SSSR count). The van der Waals surface area contributed by atoms with E-state index in [1.54, 1.807) is 0 Å². The van der Waals surface area contributed by atoms with Crippen LogP contribution in [0.5, 0.6) is 0 Å². The Balaban J connectivity index is 2.51. The standard InChI is InChI=1S/C15H26O2/c1-6-13(16)17-11-9-12-8-10-15(5,7-2)14(12,3)4/h6,12H,1,7-11H2,2-5H3. The van der Waals surface area contributed by atoms with E-state index in [1.165, 1.54) is 25.3 Å². The molecule has 0 heterocycles. The van der Waals surface area contributed by atoms with E-state index in [9.17, 15) is 4.79 Å². The fraction of sp³-hybridized carbons (Fsp3) is 0.800. The van der Waals surface area contributed by atoms with Gasteiger partial charge in [-0.15, -0.1) is 0 Å². The van der Waals surface area contributed by atoms with Crippen molar-refractivity contribution in [3.63, 3.8) is 0 Å². The lowest BCUT2D eigenvalue weighted by Gasteiger charge is -2.41. The van der Waals surface area contributed by atoms with E-state index < -0.39 is 0 Å². The van der Waals surface area contributed by atoms with Gasteiger partial charge >= 0.3 is 5.97 Å². The van der Waals surface area contributed by atoms with Gasteiger partial charge < -0.3 is 4.74 Å². The first-order valence-corrected chi connectivity index (χ1v) is 6.66. The summed E-state index contributed by atoms with van der Waals surface area (Å²) in [5.41, 5.74) is 0.766. The van der Waals surface area contributed by atoms with E-state index in [2.05, 4.69) is 34.3 Å². The molecule has 1 fully saturated rings. The van der Waals surface area contributed by atoms with Crippen LogP contribution in [0.1, 0.15) is 53.4 Å². The molecule has 1 saturated carbocycles. The number of carbonyl (C=O) groups is 1. The van der Waals surface area contributed by atoms with Crippen molar-refractivity contribution >= 4 is 5.97 Å². The summed E-state index contributed by atoms with van der Waals surface area (Å²) >= 11 is 0. The first-order valence-electron chi connectivity index (χ1n) is 6.66. The van der Waals surface area contributed by atoms with Crippen molar-refractivity contribution in [3.05, 3.63) is 12.7 Å². The maximum atomic E-state index is 11.0. The first kappa shape index (κ1) is 14.3. The van der Waals surface area contributed by atoms with Gasteiger partial charge in [-0.3, -0.25) is 0 Å². The summed E-state index contributed by atoms with van der Waals surface area (Å²) < 4.78 is 5.09. The Labute approximate surface area is 105 Å². The number of rotatable bonds is 5. The molecule has 0 aliphatic heterocycles. The fourth-order valence-electron chi connectivity index (χ4n) is 3.17. The Morgan fingerprint density at radius 1 is 1.47 bits per heavy atom. The van der Waals surface area contributed by atoms with Crippen molar-refractivity contribution in [3.8, 4) is 0 Å². The van der Waals surface area contributed by atoms with Crippen LogP contribution >= 0.6 is 0 Å². The zero-order chi connectivity index (χ0) is 13.1. The monoisotopic (exact) mass is 238 g/mol. The average molecular weight is 238 g/mol. The maximum absolute atomic E-state index is 11.0. The van der Waals surface area contributed by atoms with E-state index in [1.807, 2.05) is 0 Å². The molecule has 0 aromatic heterocycles. The molecule has 0 N–H and O–H groups in total. The molecular weight excluding hydrogens is 212 g/mol. The number of hydrogen-bond acceptors (Lipinski definition) is 2. The predicted molar refractivity (Wildman–Crippen MR) is 70.7 cm³/mol. The van der Waals surface area contributed by atoms with E-state index in [-0.39, 0.29) is 5.97 Å². The molecular formula is C15H26O2. The molecule has 2 atom stereocenters. The highest BCUT2D eigenvalue weighted by molar-refractivity contribution is 5.81. The van der Waals surface area contributed by atoms with Crippen molar-refractivity contribution in [2.24, 2.45) is 16.7 Å². The van der Waals surface area contributed by atoms with Crippen LogP contribution in [0.2, 0.25) is 0 Å². The molecule has 0 radical (unpaired) electrons. The third-order valence-corrected chi connectivity index (χ3v) is 5.28. The summed E-state index contributed by atoms with van der Waals surface area (Å²) in [6.45, 7) is 13.3. The smallest absolute Gasteiger partial charge is 0.330 e. The van der Waals surface area contributed by atoms with Gasteiger partial charge in [-0.2, -0.15) is 0 Å². The van der Waals surface area contributed by atoms with Crippen LogP contribution in [0, 0.1) is 16.7 Å². The third-order valence-electron chi connectivity index (χ3n) is 5.28. The molecule has 0 bridgehead atoms. The Bertz CT molecular complexity index is 293. The molecule has 17 heavy (non-hydrogen) atoms. The molecule has 0 aromatic carbocycles. The van der Waals surface area contributed by atoms with Gasteiger partial charge in [0.15, 0.2) is 0 Å². The molecule has 0 aromatic rings. The average Bonchev–Trinajstić information content (AvgIpc) is 2.52. The largest absolute Gasteiger partial charge is 0.463 e. The highest BCUT2D eigenvalue weighted by atomic mass is 16.5. The topological polar surface area (TPSA) is 26.3 Å². The number of carbonyl (C=O) groups excluding carboxylic acids is 1. The SMILES string of the molecule is C=CC(=O)OCCC1CCC(C)(CC)C1(C)C. The van der Waals surface area contributed by atoms with E-state index >= 15 is 0 Å². The zero-order valence-corrected chi connectivity index (χ0v) is 11.7. The van der Waals surface area contributed by atoms with Crippen LogP contribution in [0.3, 0.4) is 0 Å². The van der Waals surface area contributed by atoms with Gasteiger partial charge in [-0.05, 0) is 36.0 Å². The summed E-state index contributed by atoms with van der Waals surface area (Å²) in [5.74, 6) is 0.351. The summed E-state index contributed by atoms with van der Waals surface area (Å²) in [7, 11) is 0. The summed E-state index contributed by atoms with van der Waals surface area (Å²) in [6, 6.07) is 0. The van der Waals surface area contributed by atoms with Crippen LogP contribution in [-0.4, -0.2) is 12.6 Å². The summed E-state index contributed by atoms with van der Waals surface area (Å²) in [6.07, 6.45) is 5.97. The molecule has 1 aliphatic carbocycles. The van der Waals surface area contributed by atoms with Crippen LogP contribution < -0.4 is 0 Å². The molecule has 98 valence electrons. The van der Waals surface area contributed by atoms with Gasteiger partial charge in [0, 0.05) is 6.08 Å². The molecule has 2 nitrogen and oxygen atoms in total. The molecule has 0 saturated heterocycles. The first-order chi connectivity index (χ1) is 7.87.